The molecule has 0 saturated carbocycles. The molecule has 1 aliphatic heterocycles. The Kier molecular flexibility index (Phi) is 10.5. The molecule has 1 saturated heterocycles. The van der Waals surface area contributed by atoms with Gasteiger partial charge in [-0.05, 0) is 85.3 Å². The van der Waals surface area contributed by atoms with E-state index in [1.54, 1.807) is 0 Å². The highest BCUT2D eigenvalue weighted by molar-refractivity contribution is 7.90. The van der Waals surface area contributed by atoms with Gasteiger partial charge in [-0.1, -0.05) is 47.5 Å². The summed E-state index contributed by atoms with van der Waals surface area (Å²) in [5.41, 5.74) is 4.58. The lowest BCUT2D eigenvalue weighted by Crippen LogP contribution is -2.47. The van der Waals surface area contributed by atoms with E-state index < -0.39 is 15.5 Å². The molecule has 0 amide bonds. The van der Waals surface area contributed by atoms with Gasteiger partial charge in [0.1, 0.15) is 0 Å². The zero-order valence-electron chi connectivity index (χ0n) is 24.7. The van der Waals surface area contributed by atoms with Crippen molar-refractivity contribution < 1.29 is 21.6 Å². The first-order valence-corrected chi connectivity index (χ1v) is 17.1. The van der Waals surface area contributed by atoms with Crippen LogP contribution in [0.15, 0.2) is 71.5 Å². The van der Waals surface area contributed by atoms with Crippen molar-refractivity contribution in [3.63, 3.8) is 0 Å². The number of aromatic nitrogens is 1. The highest BCUT2D eigenvalue weighted by Crippen LogP contribution is 2.39. The number of anilines is 2. The third-order valence-corrected chi connectivity index (χ3v) is 10.2. The van der Waals surface area contributed by atoms with Crippen molar-refractivity contribution in [1.29, 1.82) is 0 Å². The molecule has 46 heavy (non-hydrogen) atoms. The van der Waals surface area contributed by atoms with Gasteiger partial charge in [-0.2, -0.15) is 17.5 Å². The lowest BCUT2D eigenvalue weighted by molar-refractivity contribution is -0.0494. The number of hydrogen-bond donors (Lipinski definition) is 4. The first-order chi connectivity index (χ1) is 21.9. The third kappa shape index (κ3) is 7.63. The summed E-state index contributed by atoms with van der Waals surface area (Å²) in [6.07, 6.45) is 1.88. The number of H-pyrrole nitrogens is 1. The number of rotatable bonds is 11. The molecule has 0 unspecified atom stereocenters. The molecule has 1 aromatic heterocycles. The fraction of sp³-hybridized carbons (Fsp3) is 0.344. The van der Waals surface area contributed by atoms with E-state index in [9.17, 15) is 26.4 Å². The van der Waals surface area contributed by atoms with Crippen LogP contribution in [0.2, 0.25) is 10.0 Å². The molecule has 0 aliphatic carbocycles. The van der Waals surface area contributed by atoms with Gasteiger partial charge in [0.2, 0.25) is 0 Å². The van der Waals surface area contributed by atoms with Crippen molar-refractivity contribution >= 4 is 55.5 Å². The lowest BCUT2D eigenvalue weighted by Gasteiger charge is -2.32. The number of hydrogen-bond acceptors (Lipinski definition) is 6. The molecule has 0 atom stereocenters. The molecule has 1 fully saturated rings. The van der Waals surface area contributed by atoms with Crippen molar-refractivity contribution in [2.24, 2.45) is 5.73 Å². The molecule has 4 aromatic rings. The van der Waals surface area contributed by atoms with E-state index in [4.69, 9.17) is 28.9 Å². The molecule has 0 spiro atoms. The van der Waals surface area contributed by atoms with Gasteiger partial charge in [0.05, 0.1) is 11.2 Å². The maximum absolute atomic E-state index is 13.1. The third-order valence-electron chi connectivity index (χ3n) is 8.11. The van der Waals surface area contributed by atoms with E-state index in [0.717, 1.165) is 29.5 Å². The van der Waals surface area contributed by atoms with E-state index in [0.29, 0.717) is 49.7 Å². The molecule has 3 aromatic carbocycles. The Morgan fingerprint density at radius 2 is 1.48 bits per heavy atom. The van der Waals surface area contributed by atoms with E-state index in [-0.39, 0.29) is 43.5 Å². The number of unbranched alkanes of at least 4 members (excludes halogenated alkanes) is 1. The molecule has 0 bridgehead atoms. The second-order valence-electron chi connectivity index (χ2n) is 11.3. The molecule has 8 nitrogen and oxygen atoms in total. The van der Waals surface area contributed by atoms with E-state index >= 15 is 0 Å². The monoisotopic (exact) mass is 695 g/mol. The van der Waals surface area contributed by atoms with Crippen LogP contribution in [-0.4, -0.2) is 55.4 Å². The summed E-state index contributed by atoms with van der Waals surface area (Å²) >= 11 is 12.5. The van der Waals surface area contributed by atoms with Gasteiger partial charge in [0.25, 0.3) is 5.56 Å². The fourth-order valence-corrected chi connectivity index (χ4v) is 7.03. The average molecular weight is 697 g/mol. The number of alkyl halides is 3. The second kappa shape index (κ2) is 14.2. The average Bonchev–Trinajstić information content (AvgIpc) is 3.01. The molecule has 2 heterocycles. The summed E-state index contributed by atoms with van der Waals surface area (Å²) in [7, 11) is -5.41. The Hall–Kier alpha value is -3.29. The van der Waals surface area contributed by atoms with Crippen LogP contribution in [0.25, 0.3) is 10.9 Å². The van der Waals surface area contributed by atoms with Crippen LogP contribution in [-0.2, 0) is 10.0 Å². The summed E-state index contributed by atoms with van der Waals surface area (Å²) in [5.74, 6) is -0.251. The number of sulfonamides is 1. The predicted molar refractivity (Wildman–Crippen MR) is 178 cm³/mol. The van der Waals surface area contributed by atoms with Crippen LogP contribution in [0.3, 0.4) is 0 Å². The molecular formula is C32H34Cl2F3N5O3S. The van der Waals surface area contributed by atoms with Gasteiger partial charge in [0.15, 0.2) is 0 Å². The van der Waals surface area contributed by atoms with Gasteiger partial charge < -0.3 is 21.4 Å². The van der Waals surface area contributed by atoms with Crippen LogP contribution in [0.1, 0.15) is 48.3 Å². The molecule has 5 N–H and O–H groups in total. The van der Waals surface area contributed by atoms with Gasteiger partial charge in [-0.25, -0.2) is 8.42 Å². The van der Waals surface area contributed by atoms with Crippen LogP contribution in [0.4, 0.5) is 24.5 Å². The number of pyridine rings is 1. The zero-order chi connectivity index (χ0) is 33.1. The van der Waals surface area contributed by atoms with Crippen molar-refractivity contribution in [3.05, 3.63) is 104 Å². The summed E-state index contributed by atoms with van der Waals surface area (Å²) in [5, 5.41) is 8.68. The largest absolute Gasteiger partial charge is 0.511 e. The Balaban J connectivity index is 1.58. The van der Waals surface area contributed by atoms with Gasteiger partial charge in [-0.15, -0.1) is 0 Å². The van der Waals surface area contributed by atoms with Gasteiger partial charge in [-0.3, -0.25) is 4.79 Å². The van der Waals surface area contributed by atoms with Crippen LogP contribution in [0.5, 0.6) is 0 Å². The maximum atomic E-state index is 13.1. The van der Waals surface area contributed by atoms with Crippen molar-refractivity contribution in [2.75, 3.05) is 36.8 Å². The van der Waals surface area contributed by atoms with E-state index in [1.807, 2.05) is 60.7 Å². The second-order valence-corrected chi connectivity index (χ2v) is 14.1. The maximum Gasteiger partial charge on any atom is 0.511 e. The van der Waals surface area contributed by atoms with Crippen molar-refractivity contribution in [1.82, 2.24) is 9.29 Å². The topological polar surface area (TPSA) is 120 Å². The highest BCUT2D eigenvalue weighted by atomic mass is 35.5. The van der Waals surface area contributed by atoms with Gasteiger partial charge in [0, 0.05) is 58.8 Å². The number of halogens is 5. The highest BCUT2D eigenvalue weighted by Gasteiger charge is 2.50. The standard InChI is InChI=1S/C32H34Cl2F3N5O3S/c33-23-7-3-20(4-8-23)30(21-5-9-24(34)10-6-21)22-17-26-27(19-29(43)41-31(26)28(18-22)39-14-2-1-13-38)40-25-11-15-42(16-12-25)46(44,45)32(35,36)37/h3-10,17-19,25,30,39H,1-2,11-16,38H2,(H2,40,41,43). The first kappa shape index (κ1) is 34.1. The molecule has 5 rings (SSSR count). The molecule has 14 heteroatoms. The van der Waals surface area contributed by atoms with E-state index in [2.05, 4.69) is 15.6 Å². The smallest absolute Gasteiger partial charge is 0.383 e. The number of nitrogens with zero attached hydrogens (tertiary/aromatic N) is 1. The van der Waals surface area contributed by atoms with Crippen LogP contribution >= 0.6 is 23.2 Å². The molecule has 0 radical (unpaired) electrons. The number of nitrogens with two attached hydrogens (primary N) is 1. The number of fused-ring (bicyclic) bond motifs is 1. The molecular weight excluding hydrogens is 662 g/mol. The SMILES string of the molecule is NCCCCNc1cc(C(c2ccc(Cl)cc2)c2ccc(Cl)cc2)cc2c(NC3CCN(S(=O)(=O)C(F)(F)F)CC3)cc(=O)[nH]c12. The Bertz CT molecular complexity index is 1780. The van der Waals surface area contributed by atoms with E-state index in [1.165, 1.54) is 6.07 Å². The minimum absolute atomic E-state index is 0.131. The molecule has 1 aliphatic rings. The Morgan fingerprint density at radius 3 is 2.02 bits per heavy atom. The number of aromatic amines is 1. The lowest BCUT2D eigenvalue weighted by atomic mass is 9.84. The fourth-order valence-electron chi connectivity index (χ4n) is 5.79. The Morgan fingerprint density at radius 1 is 0.891 bits per heavy atom. The number of benzene rings is 3. The number of nitrogens with one attached hydrogen (secondary N) is 3. The van der Waals surface area contributed by atoms with Crippen molar-refractivity contribution in [3.8, 4) is 0 Å². The minimum Gasteiger partial charge on any atom is -0.383 e. The Labute approximate surface area is 275 Å². The van der Waals surface area contributed by atoms with Crippen molar-refractivity contribution in [2.45, 2.75) is 43.2 Å². The van der Waals surface area contributed by atoms with Crippen LogP contribution < -0.4 is 21.9 Å². The van der Waals surface area contributed by atoms with Gasteiger partial charge >= 0.3 is 15.5 Å². The zero-order valence-corrected chi connectivity index (χ0v) is 27.0. The number of piperidine rings is 1. The normalized spacial score (nSPS) is 15.0. The summed E-state index contributed by atoms with van der Waals surface area (Å²) in [6.45, 7) is 0.559. The first-order valence-electron chi connectivity index (χ1n) is 14.9. The summed E-state index contributed by atoms with van der Waals surface area (Å²) in [4.78, 5) is 15.9. The quantitative estimate of drug-likeness (QED) is 0.100. The summed E-state index contributed by atoms with van der Waals surface area (Å²) in [6, 6.07) is 20.1. The summed E-state index contributed by atoms with van der Waals surface area (Å²) < 4.78 is 63.7. The minimum atomic E-state index is -5.41. The van der Waals surface area contributed by atoms with Crippen LogP contribution in [0, 0.1) is 0 Å². The predicted octanol–water partition coefficient (Wildman–Crippen LogP) is 6.89. The molecule has 246 valence electrons.